The number of hydrogen-bond donors (Lipinski definition) is 1. The maximum absolute atomic E-state index is 11.6. The number of nitrogens with one attached hydrogen (secondary N) is 1. The smallest absolute Gasteiger partial charge is 0.316 e. The molecule has 74 valence electrons. The highest BCUT2D eigenvalue weighted by Crippen LogP contribution is 2.17. The second-order valence-corrected chi connectivity index (χ2v) is 3.71. The predicted octanol–water partition coefficient (Wildman–Crippen LogP) is 2.28. The Hall–Kier alpha value is 0.100. The average Bonchev–Trinajstić information content (AvgIpc) is 1.94. The summed E-state index contributed by atoms with van der Waals surface area (Å²) in [4.78, 5) is 0. The van der Waals surface area contributed by atoms with Gasteiger partial charge in [0.05, 0.1) is 6.42 Å². The Labute approximate surface area is 75.1 Å². The van der Waals surface area contributed by atoms with Crippen molar-refractivity contribution in [2.75, 3.05) is 24.6 Å². The molecule has 0 unspecified atom stereocenters. The topological polar surface area (TPSA) is 12.0 Å². The number of rotatable bonds is 6. The third-order valence-electron chi connectivity index (χ3n) is 1.21. The zero-order chi connectivity index (χ0) is 9.45. The molecule has 1 N–H and O–H groups in total. The molecule has 0 rings (SSSR count). The standard InChI is InChI=1S/C7H14F3NS/c1-2-12-6-5-11-4-3-7(8,9)10/h11H,2-6H2,1H3. The first-order chi connectivity index (χ1) is 5.56. The predicted molar refractivity (Wildman–Crippen MR) is 46.5 cm³/mol. The van der Waals surface area contributed by atoms with Gasteiger partial charge in [0.1, 0.15) is 0 Å². The van der Waals surface area contributed by atoms with Crippen LogP contribution in [0, 0.1) is 0 Å². The van der Waals surface area contributed by atoms with Gasteiger partial charge in [0.2, 0.25) is 0 Å². The Bertz CT molecular complexity index is 105. The second-order valence-electron chi connectivity index (χ2n) is 2.31. The quantitative estimate of drug-likeness (QED) is 0.662. The molecule has 0 atom stereocenters. The molecule has 0 radical (unpaired) electrons. The first-order valence-electron chi connectivity index (χ1n) is 3.91. The molecule has 0 aliphatic carbocycles. The van der Waals surface area contributed by atoms with Crippen molar-refractivity contribution in [3.63, 3.8) is 0 Å². The fraction of sp³-hybridized carbons (Fsp3) is 1.00. The third kappa shape index (κ3) is 10.1. The Morgan fingerprint density at radius 1 is 1.25 bits per heavy atom. The number of thioether (sulfide) groups is 1. The van der Waals surface area contributed by atoms with Crippen molar-refractivity contribution >= 4 is 11.8 Å². The average molecular weight is 201 g/mol. The van der Waals surface area contributed by atoms with E-state index >= 15 is 0 Å². The minimum atomic E-state index is -4.02. The van der Waals surface area contributed by atoms with Crippen LogP contribution in [0.15, 0.2) is 0 Å². The van der Waals surface area contributed by atoms with Gasteiger partial charge in [-0.3, -0.25) is 0 Å². The van der Waals surface area contributed by atoms with Gasteiger partial charge in [-0.05, 0) is 5.75 Å². The molecular weight excluding hydrogens is 187 g/mol. The van der Waals surface area contributed by atoms with E-state index in [0.29, 0.717) is 6.54 Å². The molecular formula is C7H14F3NS. The summed E-state index contributed by atoms with van der Waals surface area (Å²) in [6.07, 6.45) is -4.76. The van der Waals surface area contributed by atoms with Crippen molar-refractivity contribution in [1.29, 1.82) is 0 Å². The zero-order valence-corrected chi connectivity index (χ0v) is 7.89. The zero-order valence-electron chi connectivity index (χ0n) is 7.08. The van der Waals surface area contributed by atoms with Gasteiger partial charge >= 0.3 is 6.18 Å². The minimum Gasteiger partial charge on any atom is -0.316 e. The van der Waals surface area contributed by atoms with E-state index in [1.165, 1.54) is 0 Å². The Morgan fingerprint density at radius 3 is 2.42 bits per heavy atom. The van der Waals surface area contributed by atoms with Crippen LogP contribution < -0.4 is 5.32 Å². The number of alkyl halides is 3. The summed E-state index contributed by atoms with van der Waals surface area (Å²) in [5.41, 5.74) is 0. The largest absolute Gasteiger partial charge is 0.390 e. The van der Waals surface area contributed by atoms with Crippen molar-refractivity contribution in [3.05, 3.63) is 0 Å². The van der Waals surface area contributed by atoms with Crippen LogP contribution in [0.4, 0.5) is 13.2 Å². The minimum absolute atomic E-state index is 0.0355. The van der Waals surface area contributed by atoms with Gasteiger partial charge in [0, 0.05) is 18.8 Å². The lowest BCUT2D eigenvalue weighted by atomic mass is 10.4. The van der Waals surface area contributed by atoms with Crippen molar-refractivity contribution in [3.8, 4) is 0 Å². The lowest BCUT2D eigenvalue weighted by Crippen LogP contribution is -2.23. The Balaban J connectivity index is 3.01. The summed E-state index contributed by atoms with van der Waals surface area (Å²) in [5.74, 6) is 1.90. The van der Waals surface area contributed by atoms with Gasteiger partial charge in [-0.1, -0.05) is 6.92 Å². The van der Waals surface area contributed by atoms with E-state index in [-0.39, 0.29) is 6.54 Å². The van der Waals surface area contributed by atoms with Crippen molar-refractivity contribution in [1.82, 2.24) is 5.32 Å². The van der Waals surface area contributed by atoms with Crippen LogP contribution in [0.2, 0.25) is 0 Å². The Kier molecular flexibility index (Phi) is 6.65. The Morgan fingerprint density at radius 2 is 1.92 bits per heavy atom. The molecule has 0 saturated heterocycles. The van der Waals surface area contributed by atoms with Gasteiger partial charge in [-0.15, -0.1) is 0 Å². The molecule has 1 nitrogen and oxygen atoms in total. The van der Waals surface area contributed by atoms with E-state index in [0.717, 1.165) is 11.5 Å². The SMILES string of the molecule is CCSCCNCCC(F)(F)F. The van der Waals surface area contributed by atoms with Crippen molar-refractivity contribution in [2.24, 2.45) is 0 Å². The molecule has 12 heavy (non-hydrogen) atoms. The van der Waals surface area contributed by atoms with E-state index < -0.39 is 12.6 Å². The molecule has 0 fully saturated rings. The summed E-state index contributed by atoms with van der Waals surface area (Å²) in [5, 5.41) is 2.74. The van der Waals surface area contributed by atoms with E-state index in [1.54, 1.807) is 11.8 Å². The molecule has 0 aliphatic rings. The number of halogens is 3. The summed E-state index contributed by atoms with van der Waals surface area (Å²) in [6.45, 7) is 2.72. The van der Waals surface area contributed by atoms with Crippen LogP contribution in [0.25, 0.3) is 0 Å². The molecule has 0 aliphatic heterocycles. The van der Waals surface area contributed by atoms with E-state index in [9.17, 15) is 13.2 Å². The molecule has 0 heterocycles. The third-order valence-corrected chi connectivity index (χ3v) is 2.11. The highest BCUT2D eigenvalue weighted by Gasteiger charge is 2.25. The summed E-state index contributed by atoms with van der Waals surface area (Å²) < 4.78 is 34.8. The van der Waals surface area contributed by atoms with Crippen molar-refractivity contribution in [2.45, 2.75) is 19.5 Å². The van der Waals surface area contributed by atoms with Crippen LogP contribution >= 0.6 is 11.8 Å². The lowest BCUT2D eigenvalue weighted by molar-refractivity contribution is -0.133. The van der Waals surface area contributed by atoms with E-state index in [4.69, 9.17) is 0 Å². The normalized spacial score (nSPS) is 12.0. The van der Waals surface area contributed by atoms with E-state index in [1.807, 2.05) is 6.92 Å². The van der Waals surface area contributed by atoms with Crippen molar-refractivity contribution < 1.29 is 13.2 Å². The highest BCUT2D eigenvalue weighted by atomic mass is 32.2. The van der Waals surface area contributed by atoms with Crippen LogP contribution in [-0.2, 0) is 0 Å². The van der Waals surface area contributed by atoms with Crippen LogP contribution in [-0.4, -0.2) is 30.8 Å². The molecule has 0 saturated carbocycles. The fourth-order valence-corrected chi connectivity index (χ4v) is 1.22. The fourth-order valence-electron chi connectivity index (χ4n) is 0.644. The van der Waals surface area contributed by atoms with Crippen LogP contribution in [0.1, 0.15) is 13.3 Å². The maximum Gasteiger partial charge on any atom is 0.390 e. The van der Waals surface area contributed by atoms with Gasteiger partial charge in [-0.25, -0.2) is 0 Å². The molecule has 0 bridgehead atoms. The molecule has 0 spiro atoms. The summed E-state index contributed by atoms with van der Waals surface area (Å²) in [7, 11) is 0. The molecule has 0 aromatic rings. The van der Waals surface area contributed by atoms with E-state index in [2.05, 4.69) is 5.32 Å². The van der Waals surface area contributed by atoms with Crippen LogP contribution in [0.3, 0.4) is 0 Å². The highest BCUT2D eigenvalue weighted by molar-refractivity contribution is 7.99. The molecule has 0 aromatic carbocycles. The molecule has 0 amide bonds. The summed E-state index contributed by atoms with van der Waals surface area (Å²) >= 11 is 1.72. The first kappa shape index (κ1) is 12.1. The first-order valence-corrected chi connectivity index (χ1v) is 5.07. The maximum atomic E-state index is 11.6. The van der Waals surface area contributed by atoms with Gasteiger partial charge < -0.3 is 5.32 Å². The monoisotopic (exact) mass is 201 g/mol. The molecule has 0 aromatic heterocycles. The molecule has 5 heteroatoms. The second kappa shape index (κ2) is 6.60. The number of hydrogen-bond acceptors (Lipinski definition) is 2. The van der Waals surface area contributed by atoms with Crippen LogP contribution in [0.5, 0.6) is 0 Å². The van der Waals surface area contributed by atoms with Gasteiger partial charge in [0.15, 0.2) is 0 Å². The van der Waals surface area contributed by atoms with Gasteiger partial charge in [-0.2, -0.15) is 24.9 Å². The lowest BCUT2D eigenvalue weighted by Gasteiger charge is -2.06. The summed E-state index contributed by atoms with van der Waals surface area (Å²) in [6, 6.07) is 0. The van der Waals surface area contributed by atoms with Gasteiger partial charge in [0.25, 0.3) is 0 Å².